The number of ether oxygens (including phenoxy) is 1. The SMILES string of the molecule is N#CCC(=O)c1ccc2c(c1)CCCC(c1ccc(Cl)cc1Cl)=C2c1ccc(O[C@H]2CCN(CCCF)C2)cc1. The number of rotatable bonds is 9. The number of nitrogens with zero attached hydrogens (tertiary/aromatic N) is 2. The zero-order valence-corrected chi connectivity index (χ0v) is 23.8. The van der Waals surface area contributed by atoms with Crippen LogP contribution < -0.4 is 4.74 Å². The van der Waals surface area contributed by atoms with Crippen LogP contribution in [0.25, 0.3) is 11.1 Å². The number of alkyl halides is 1. The van der Waals surface area contributed by atoms with E-state index in [2.05, 4.69) is 17.0 Å². The van der Waals surface area contributed by atoms with Crippen molar-refractivity contribution in [1.82, 2.24) is 4.90 Å². The van der Waals surface area contributed by atoms with Crippen LogP contribution in [0.3, 0.4) is 0 Å². The quantitative estimate of drug-likeness (QED) is 0.241. The molecule has 3 aromatic carbocycles. The van der Waals surface area contributed by atoms with E-state index in [1.165, 1.54) is 0 Å². The second kappa shape index (κ2) is 13.0. The van der Waals surface area contributed by atoms with E-state index in [4.69, 9.17) is 33.2 Å². The van der Waals surface area contributed by atoms with Crippen molar-refractivity contribution >= 4 is 40.1 Å². The minimum atomic E-state index is -0.289. The van der Waals surface area contributed by atoms with Gasteiger partial charge in [0.25, 0.3) is 0 Å². The fraction of sp³-hybridized carbons (Fsp3) is 0.333. The van der Waals surface area contributed by atoms with Gasteiger partial charge in [0.05, 0.1) is 19.2 Å². The number of nitriles is 1. The van der Waals surface area contributed by atoms with E-state index in [1.54, 1.807) is 6.07 Å². The van der Waals surface area contributed by atoms with Crippen LogP contribution in [0.4, 0.5) is 4.39 Å². The number of hydrogen-bond donors (Lipinski definition) is 0. The maximum Gasteiger partial charge on any atom is 0.176 e. The van der Waals surface area contributed by atoms with Crippen molar-refractivity contribution in [2.75, 3.05) is 26.3 Å². The Morgan fingerprint density at radius 1 is 1.05 bits per heavy atom. The van der Waals surface area contributed by atoms with Crippen LogP contribution in [0.2, 0.25) is 10.0 Å². The van der Waals surface area contributed by atoms with E-state index in [1.807, 2.05) is 48.5 Å². The van der Waals surface area contributed by atoms with Gasteiger partial charge in [0.1, 0.15) is 11.9 Å². The molecule has 1 atom stereocenters. The molecule has 5 rings (SSSR count). The summed E-state index contributed by atoms with van der Waals surface area (Å²) >= 11 is 13.0. The number of likely N-dealkylation sites (tertiary alicyclic amines) is 1. The molecule has 0 bridgehead atoms. The number of halogens is 3. The number of carbonyl (C=O) groups is 1. The largest absolute Gasteiger partial charge is 0.489 e. The molecule has 40 heavy (non-hydrogen) atoms. The van der Waals surface area contributed by atoms with Crippen LogP contribution in [0.15, 0.2) is 60.7 Å². The van der Waals surface area contributed by atoms with Gasteiger partial charge in [0, 0.05) is 35.2 Å². The third-order valence-corrected chi connectivity index (χ3v) is 8.20. The zero-order valence-electron chi connectivity index (χ0n) is 22.3. The minimum absolute atomic E-state index is 0.0936. The first-order valence-corrected chi connectivity index (χ1v) is 14.5. The van der Waals surface area contributed by atoms with Crippen molar-refractivity contribution in [2.24, 2.45) is 0 Å². The molecule has 0 radical (unpaired) electrons. The Labute approximate surface area is 245 Å². The molecule has 0 saturated carbocycles. The average molecular weight is 578 g/mol. The maximum atomic E-state index is 12.6. The van der Waals surface area contributed by atoms with Gasteiger partial charge < -0.3 is 4.74 Å². The molecule has 1 heterocycles. The molecule has 0 N–H and O–H groups in total. The molecule has 2 aliphatic rings. The summed E-state index contributed by atoms with van der Waals surface area (Å²) in [5.41, 5.74) is 6.87. The van der Waals surface area contributed by atoms with Crippen LogP contribution >= 0.6 is 23.2 Å². The lowest BCUT2D eigenvalue weighted by atomic mass is 9.87. The summed E-state index contributed by atoms with van der Waals surface area (Å²) in [4.78, 5) is 14.7. The van der Waals surface area contributed by atoms with Crippen molar-refractivity contribution < 1.29 is 13.9 Å². The second-order valence-corrected chi connectivity index (χ2v) is 11.2. The smallest absolute Gasteiger partial charge is 0.176 e. The number of benzene rings is 3. The Morgan fingerprint density at radius 2 is 1.85 bits per heavy atom. The highest BCUT2D eigenvalue weighted by atomic mass is 35.5. The van der Waals surface area contributed by atoms with Crippen molar-refractivity contribution in [1.29, 1.82) is 5.26 Å². The molecule has 7 heteroatoms. The third kappa shape index (κ3) is 6.41. The molecule has 1 fully saturated rings. The van der Waals surface area contributed by atoms with E-state index in [0.717, 1.165) is 84.5 Å². The summed E-state index contributed by atoms with van der Waals surface area (Å²) in [7, 11) is 0. The molecular weight excluding hydrogens is 546 g/mol. The summed E-state index contributed by atoms with van der Waals surface area (Å²) in [5, 5.41) is 10.2. The maximum absolute atomic E-state index is 12.6. The number of Topliss-reactive ketones (excluding diaryl/α,β-unsaturated/α-hetero) is 1. The average Bonchev–Trinajstić information content (AvgIpc) is 3.31. The molecular formula is C33H31Cl2FN2O2. The topological polar surface area (TPSA) is 53.3 Å². The molecule has 3 aromatic rings. The van der Waals surface area contributed by atoms with Gasteiger partial charge >= 0.3 is 0 Å². The van der Waals surface area contributed by atoms with Crippen molar-refractivity contribution in [3.05, 3.63) is 98.5 Å². The number of fused-ring (bicyclic) bond motifs is 1. The lowest BCUT2D eigenvalue weighted by Gasteiger charge is -2.19. The van der Waals surface area contributed by atoms with Crippen molar-refractivity contribution in [2.45, 2.75) is 44.6 Å². The van der Waals surface area contributed by atoms with Gasteiger partial charge in [-0.05, 0) is 95.8 Å². The number of hydrogen-bond acceptors (Lipinski definition) is 4. The van der Waals surface area contributed by atoms with E-state index < -0.39 is 0 Å². The first kappa shape index (κ1) is 28.4. The molecule has 0 spiro atoms. The monoisotopic (exact) mass is 576 g/mol. The Kier molecular flexibility index (Phi) is 9.22. The summed E-state index contributed by atoms with van der Waals surface area (Å²) in [6.07, 6.45) is 3.96. The molecule has 0 unspecified atom stereocenters. The highest BCUT2D eigenvalue weighted by Crippen LogP contribution is 2.42. The lowest BCUT2D eigenvalue weighted by molar-refractivity contribution is 0.0997. The molecule has 4 nitrogen and oxygen atoms in total. The van der Waals surface area contributed by atoms with Crippen LogP contribution in [0.1, 0.15) is 64.7 Å². The number of ketones is 1. The van der Waals surface area contributed by atoms with Crippen LogP contribution in [0.5, 0.6) is 5.75 Å². The molecule has 1 aliphatic heterocycles. The highest BCUT2D eigenvalue weighted by Gasteiger charge is 2.25. The fourth-order valence-electron chi connectivity index (χ4n) is 5.74. The highest BCUT2D eigenvalue weighted by molar-refractivity contribution is 6.36. The zero-order chi connectivity index (χ0) is 28.1. The number of allylic oxidation sites excluding steroid dienone is 1. The molecule has 206 valence electrons. The standard InChI is InChI=1S/C33H31Cl2FN2O2/c34-25-8-12-29(31(35)20-25)30-4-1-3-23-19-24(32(39)13-16-37)7-11-28(23)33(30)22-5-9-26(10-6-22)40-27-14-18-38(21-27)17-2-15-36/h5-12,19-20,27H,1-4,13-15,17-18,21H2/t27-/m0/s1. The number of carbonyl (C=O) groups excluding carboxylic acids is 1. The molecule has 1 aliphatic carbocycles. The van der Waals surface area contributed by atoms with E-state index >= 15 is 0 Å². The van der Waals surface area contributed by atoms with Gasteiger partial charge in [-0.25, -0.2) is 0 Å². The minimum Gasteiger partial charge on any atom is -0.489 e. The van der Waals surface area contributed by atoms with E-state index in [-0.39, 0.29) is 25.0 Å². The van der Waals surface area contributed by atoms with Gasteiger partial charge in [0.15, 0.2) is 5.78 Å². The van der Waals surface area contributed by atoms with Gasteiger partial charge in [0.2, 0.25) is 0 Å². The summed E-state index contributed by atoms with van der Waals surface area (Å²) in [6, 6.07) is 21.5. The normalized spacial score (nSPS) is 17.3. The predicted octanol–water partition coefficient (Wildman–Crippen LogP) is 8.20. The first-order valence-electron chi connectivity index (χ1n) is 13.7. The van der Waals surface area contributed by atoms with Crippen LogP contribution in [0, 0.1) is 11.3 Å². The molecule has 1 saturated heterocycles. The third-order valence-electron chi connectivity index (χ3n) is 7.65. The summed E-state index contributed by atoms with van der Waals surface area (Å²) < 4.78 is 18.8. The molecule has 0 amide bonds. The molecule has 0 aromatic heterocycles. The lowest BCUT2D eigenvalue weighted by Crippen LogP contribution is -2.26. The summed E-state index contributed by atoms with van der Waals surface area (Å²) in [6.45, 7) is 2.22. The first-order chi connectivity index (χ1) is 19.5. The van der Waals surface area contributed by atoms with E-state index in [9.17, 15) is 9.18 Å². The van der Waals surface area contributed by atoms with Gasteiger partial charge in [-0.2, -0.15) is 5.26 Å². The fourth-order valence-corrected chi connectivity index (χ4v) is 6.26. The number of aryl methyl sites for hydroxylation is 1. The Bertz CT molecular complexity index is 1460. The Morgan fingerprint density at radius 3 is 2.60 bits per heavy atom. The second-order valence-electron chi connectivity index (χ2n) is 10.4. The van der Waals surface area contributed by atoms with Crippen molar-refractivity contribution in [3.63, 3.8) is 0 Å². The van der Waals surface area contributed by atoms with Crippen LogP contribution in [-0.2, 0) is 6.42 Å². The van der Waals surface area contributed by atoms with Crippen LogP contribution in [-0.4, -0.2) is 43.1 Å². The Hall–Kier alpha value is -3.17. The van der Waals surface area contributed by atoms with Crippen molar-refractivity contribution in [3.8, 4) is 11.8 Å². The summed E-state index contributed by atoms with van der Waals surface area (Å²) in [5.74, 6) is 0.636. The Balaban J connectivity index is 1.51. The van der Waals surface area contributed by atoms with E-state index in [0.29, 0.717) is 22.0 Å². The predicted molar refractivity (Wildman–Crippen MR) is 159 cm³/mol. The van der Waals surface area contributed by atoms with Gasteiger partial charge in [-0.3, -0.25) is 14.1 Å². The van der Waals surface area contributed by atoms with Gasteiger partial charge in [-0.15, -0.1) is 0 Å². The van der Waals surface area contributed by atoms with Gasteiger partial charge in [-0.1, -0.05) is 53.5 Å².